The molecule has 2 heterocycles. The molecule has 2 nitrogen and oxygen atoms in total. The number of aryl methyl sites for hydroxylation is 1. The zero-order valence-electron chi connectivity index (χ0n) is 8.70. The molecule has 0 aromatic carbocycles. The highest BCUT2D eigenvalue weighted by molar-refractivity contribution is 9.09. The second-order valence-corrected chi connectivity index (χ2v) is 5.47. The van der Waals surface area contributed by atoms with Gasteiger partial charge in [0.05, 0.1) is 11.9 Å². The third-order valence-electron chi connectivity index (χ3n) is 2.95. The van der Waals surface area contributed by atoms with E-state index < -0.39 is 0 Å². The first-order valence-electron chi connectivity index (χ1n) is 5.13. The molecule has 0 fully saturated rings. The maximum atomic E-state index is 11.7. The van der Waals surface area contributed by atoms with Crippen LogP contribution in [0.1, 0.15) is 23.8 Å². The van der Waals surface area contributed by atoms with Crippen LogP contribution < -0.4 is 0 Å². The van der Waals surface area contributed by atoms with E-state index in [4.69, 9.17) is 0 Å². The number of rotatable bonds is 1. The lowest BCUT2D eigenvalue weighted by Crippen LogP contribution is -2.37. The van der Waals surface area contributed by atoms with Crippen molar-refractivity contribution < 1.29 is 4.79 Å². The molecule has 0 N–H and O–H groups in total. The number of fused-ring (bicyclic) bond motifs is 1. The van der Waals surface area contributed by atoms with Crippen molar-refractivity contribution in [3.8, 4) is 0 Å². The molecule has 0 spiro atoms. The van der Waals surface area contributed by atoms with Gasteiger partial charge in [0.15, 0.2) is 0 Å². The largest absolute Gasteiger partial charge is 0.334 e. The van der Waals surface area contributed by atoms with Crippen molar-refractivity contribution in [2.75, 3.05) is 5.33 Å². The van der Waals surface area contributed by atoms with Crippen LogP contribution in [0.15, 0.2) is 11.4 Å². The lowest BCUT2D eigenvalue weighted by Gasteiger charge is -2.26. The Bertz CT molecular complexity index is 363. The Labute approximate surface area is 102 Å². The second-order valence-electron chi connectivity index (χ2n) is 3.91. The molecule has 0 bridgehead atoms. The van der Waals surface area contributed by atoms with Gasteiger partial charge in [-0.05, 0) is 36.8 Å². The summed E-state index contributed by atoms with van der Waals surface area (Å²) in [5, 5.41) is 2.55. The van der Waals surface area contributed by atoms with Gasteiger partial charge in [-0.25, -0.2) is 0 Å². The number of carbonyl (C=O) groups excluding carboxylic acids is 1. The molecule has 1 aromatic heterocycles. The van der Waals surface area contributed by atoms with Gasteiger partial charge in [0.25, 0.3) is 0 Å². The fourth-order valence-corrected chi connectivity index (χ4v) is 3.22. The minimum Gasteiger partial charge on any atom is -0.334 e. The van der Waals surface area contributed by atoms with Gasteiger partial charge in [-0.3, -0.25) is 4.79 Å². The quantitative estimate of drug-likeness (QED) is 0.728. The number of alkyl halides is 1. The summed E-state index contributed by atoms with van der Waals surface area (Å²) in [5.74, 6) is 0.198. The fraction of sp³-hybridized carbons (Fsp3) is 0.545. The Morgan fingerprint density at radius 2 is 2.53 bits per heavy atom. The van der Waals surface area contributed by atoms with E-state index in [1.54, 1.807) is 11.3 Å². The van der Waals surface area contributed by atoms with Crippen molar-refractivity contribution in [2.24, 2.45) is 0 Å². The van der Waals surface area contributed by atoms with Crippen molar-refractivity contribution in [3.05, 3.63) is 21.9 Å². The van der Waals surface area contributed by atoms with Crippen molar-refractivity contribution in [1.82, 2.24) is 4.90 Å². The van der Waals surface area contributed by atoms with Crippen molar-refractivity contribution in [3.63, 3.8) is 0 Å². The first-order chi connectivity index (χ1) is 7.22. The molecule has 4 heteroatoms. The molecule has 2 rings (SSSR count). The number of thiophene rings is 1. The molecule has 0 unspecified atom stereocenters. The van der Waals surface area contributed by atoms with Crippen LogP contribution in [0.4, 0.5) is 0 Å². The molecule has 82 valence electrons. The molecule has 1 aliphatic rings. The third-order valence-corrected chi connectivity index (χ3v) is 4.38. The summed E-state index contributed by atoms with van der Waals surface area (Å²) < 4.78 is 0. The lowest BCUT2D eigenvalue weighted by atomic mass is 10.1. The molecule has 1 atom stereocenters. The van der Waals surface area contributed by atoms with Crippen LogP contribution >= 0.6 is 27.3 Å². The smallest absolute Gasteiger partial charge is 0.233 e. The van der Waals surface area contributed by atoms with E-state index in [-0.39, 0.29) is 5.91 Å². The van der Waals surface area contributed by atoms with Crippen LogP contribution in [0.3, 0.4) is 0 Å². The Morgan fingerprint density at radius 1 is 1.73 bits per heavy atom. The van der Waals surface area contributed by atoms with Crippen molar-refractivity contribution >= 4 is 33.2 Å². The van der Waals surface area contributed by atoms with Crippen LogP contribution in [-0.2, 0) is 17.8 Å². The molecular formula is C11H14BrNOS. The predicted octanol–water partition coefficient (Wildman–Crippen LogP) is 2.81. The summed E-state index contributed by atoms with van der Waals surface area (Å²) in [4.78, 5) is 15.1. The number of hydrogen-bond donors (Lipinski definition) is 0. The van der Waals surface area contributed by atoms with Gasteiger partial charge in [0, 0.05) is 10.9 Å². The Morgan fingerprint density at radius 3 is 3.27 bits per heavy atom. The zero-order chi connectivity index (χ0) is 10.8. The topological polar surface area (TPSA) is 20.3 Å². The number of halogens is 1. The van der Waals surface area contributed by atoms with E-state index in [1.807, 2.05) is 4.90 Å². The van der Waals surface area contributed by atoms with E-state index >= 15 is 0 Å². The molecule has 0 saturated carbocycles. The molecule has 15 heavy (non-hydrogen) atoms. The van der Waals surface area contributed by atoms with Crippen LogP contribution in [0, 0.1) is 0 Å². The molecule has 0 saturated heterocycles. The van der Waals surface area contributed by atoms with Gasteiger partial charge in [-0.2, -0.15) is 0 Å². The van der Waals surface area contributed by atoms with Crippen molar-refractivity contribution in [2.45, 2.75) is 32.4 Å². The summed E-state index contributed by atoms with van der Waals surface area (Å²) in [6.07, 6.45) is 2.18. The van der Waals surface area contributed by atoms with E-state index in [9.17, 15) is 4.79 Å². The number of nitrogens with zero attached hydrogens (tertiary/aromatic N) is 1. The minimum atomic E-state index is 0.198. The van der Waals surface area contributed by atoms with E-state index in [0.29, 0.717) is 11.4 Å². The van der Waals surface area contributed by atoms with Crippen LogP contribution in [0.2, 0.25) is 0 Å². The third kappa shape index (κ3) is 2.26. The average molecular weight is 288 g/mol. The fourth-order valence-electron chi connectivity index (χ4n) is 1.97. The summed E-state index contributed by atoms with van der Waals surface area (Å²) in [6.45, 7) is 2.93. The number of hydrogen-bond acceptors (Lipinski definition) is 2. The van der Waals surface area contributed by atoms with E-state index in [0.717, 1.165) is 19.4 Å². The molecular weight excluding hydrogens is 274 g/mol. The lowest BCUT2D eigenvalue weighted by molar-refractivity contribution is -0.130. The van der Waals surface area contributed by atoms with E-state index in [1.165, 1.54) is 10.4 Å². The summed E-state index contributed by atoms with van der Waals surface area (Å²) >= 11 is 5.01. The van der Waals surface area contributed by atoms with Crippen molar-refractivity contribution in [1.29, 1.82) is 0 Å². The summed E-state index contributed by atoms with van der Waals surface area (Å²) in [7, 11) is 0. The maximum Gasteiger partial charge on any atom is 0.233 e. The van der Waals surface area contributed by atoms with Gasteiger partial charge in [0.1, 0.15) is 0 Å². The maximum absolute atomic E-state index is 11.7. The second kappa shape index (κ2) is 4.66. The van der Waals surface area contributed by atoms with Gasteiger partial charge in [0.2, 0.25) is 5.91 Å². The highest BCUT2D eigenvalue weighted by atomic mass is 79.9. The standard InChI is InChI=1S/C11H14BrNOS/c1-8-2-3-9-4-5-15-10(9)7-13(8)11(14)6-12/h4-5,8H,2-3,6-7H2,1H3/t8-/m0/s1. The molecule has 1 aromatic rings. The first-order valence-corrected chi connectivity index (χ1v) is 7.13. The number of carbonyl (C=O) groups is 1. The minimum absolute atomic E-state index is 0.198. The van der Waals surface area contributed by atoms with Crippen LogP contribution in [0.5, 0.6) is 0 Å². The Balaban J connectivity index is 2.22. The van der Waals surface area contributed by atoms with Gasteiger partial charge in [-0.15, -0.1) is 11.3 Å². The van der Waals surface area contributed by atoms with Gasteiger partial charge < -0.3 is 4.90 Å². The average Bonchev–Trinajstić information content (AvgIpc) is 2.63. The molecule has 0 aliphatic carbocycles. The molecule has 0 radical (unpaired) electrons. The van der Waals surface area contributed by atoms with Crippen LogP contribution in [-0.4, -0.2) is 22.2 Å². The van der Waals surface area contributed by atoms with Gasteiger partial charge in [-0.1, -0.05) is 15.9 Å². The predicted molar refractivity (Wildman–Crippen MR) is 66.4 cm³/mol. The van der Waals surface area contributed by atoms with E-state index in [2.05, 4.69) is 34.3 Å². The number of amides is 1. The monoisotopic (exact) mass is 287 g/mol. The molecule has 1 amide bonds. The summed E-state index contributed by atoms with van der Waals surface area (Å²) in [5.41, 5.74) is 1.43. The highest BCUT2D eigenvalue weighted by Crippen LogP contribution is 2.26. The normalized spacial score (nSPS) is 20.9. The molecule has 1 aliphatic heterocycles. The zero-order valence-corrected chi connectivity index (χ0v) is 11.1. The highest BCUT2D eigenvalue weighted by Gasteiger charge is 2.24. The summed E-state index contributed by atoms with van der Waals surface area (Å²) in [6, 6.07) is 2.55. The first kappa shape index (κ1) is 11.1. The van der Waals surface area contributed by atoms with Gasteiger partial charge >= 0.3 is 0 Å². The Kier molecular flexibility index (Phi) is 3.46. The van der Waals surface area contributed by atoms with Crippen LogP contribution in [0.25, 0.3) is 0 Å². The Hall–Kier alpha value is -0.350. The SMILES string of the molecule is C[C@H]1CCc2ccsc2CN1C(=O)CBr.